The van der Waals surface area contributed by atoms with Gasteiger partial charge in [-0.1, -0.05) is 6.07 Å². The molecule has 0 aromatic heterocycles. The lowest BCUT2D eigenvalue weighted by Crippen LogP contribution is -2.51. The van der Waals surface area contributed by atoms with Crippen LogP contribution in [0, 0.1) is 0 Å². The molecule has 1 aliphatic heterocycles. The molecule has 0 aliphatic carbocycles. The molecular formula is C20H28N2O4. The van der Waals surface area contributed by atoms with Crippen molar-refractivity contribution in [2.45, 2.75) is 52.2 Å². The molecule has 142 valence electrons. The first-order valence-corrected chi connectivity index (χ1v) is 8.77. The van der Waals surface area contributed by atoms with Gasteiger partial charge < -0.3 is 20.1 Å². The highest BCUT2D eigenvalue weighted by atomic mass is 16.6. The van der Waals surface area contributed by atoms with E-state index in [0.29, 0.717) is 6.61 Å². The summed E-state index contributed by atoms with van der Waals surface area (Å²) in [6.45, 7) is 10.0. The van der Waals surface area contributed by atoms with Gasteiger partial charge in [0.2, 0.25) is 5.91 Å². The van der Waals surface area contributed by atoms with Crippen LogP contribution < -0.4 is 15.4 Å². The summed E-state index contributed by atoms with van der Waals surface area (Å²) >= 11 is 0. The fourth-order valence-corrected chi connectivity index (χ4v) is 2.51. The summed E-state index contributed by atoms with van der Waals surface area (Å²) in [6.07, 6.45) is 3.65. The maximum absolute atomic E-state index is 12.2. The first-order valence-electron chi connectivity index (χ1n) is 8.77. The maximum Gasteiger partial charge on any atom is 0.407 e. The Balaban J connectivity index is 1.84. The molecule has 2 amide bonds. The normalized spacial score (nSPS) is 13.9. The number of rotatable bonds is 5. The summed E-state index contributed by atoms with van der Waals surface area (Å²) in [6, 6.07) is 5.87. The van der Waals surface area contributed by atoms with E-state index in [1.807, 2.05) is 32.0 Å². The van der Waals surface area contributed by atoms with Gasteiger partial charge in [-0.05, 0) is 64.0 Å². The van der Waals surface area contributed by atoms with Gasteiger partial charge in [0, 0.05) is 19.0 Å². The molecule has 6 heteroatoms. The van der Waals surface area contributed by atoms with Crippen molar-refractivity contribution < 1.29 is 19.1 Å². The second kappa shape index (κ2) is 7.81. The maximum atomic E-state index is 12.2. The molecule has 0 radical (unpaired) electrons. The Morgan fingerprint density at radius 1 is 1.23 bits per heavy atom. The number of alkyl carbamates (subject to hydrolysis) is 1. The van der Waals surface area contributed by atoms with Gasteiger partial charge in [0.1, 0.15) is 11.4 Å². The van der Waals surface area contributed by atoms with E-state index in [9.17, 15) is 9.59 Å². The van der Waals surface area contributed by atoms with Crippen molar-refractivity contribution in [3.05, 3.63) is 35.4 Å². The summed E-state index contributed by atoms with van der Waals surface area (Å²) in [5, 5.41) is 5.55. The third-order valence-corrected chi connectivity index (χ3v) is 3.68. The van der Waals surface area contributed by atoms with Crippen LogP contribution in [-0.4, -0.2) is 36.3 Å². The molecule has 1 heterocycles. The summed E-state index contributed by atoms with van der Waals surface area (Å²) in [5.41, 5.74) is 0.953. The van der Waals surface area contributed by atoms with E-state index in [1.165, 1.54) is 6.08 Å². The molecule has 1 aliphatic rings. The van der Waals surface area contributed by atoms with Crippen LogP contribution in [0.2, 0.25) is 0 Å². The largest absolute Gasteiger partial charge is 0.493 e. The van der Waals surface area contributed by atoms with E-state index >= 15 is 0 Å². The summed E-state index contributed by atoms with van der Waals surface area (Å²) in [7, 11) is 0. The fraction of sp³-hybridized carbons (Fsp3) is 0.500. The molecule has 0 saturated carbocycles. The Morgan fingerprint density at radius 3 is 2.65 bits per heavy atom. The van der Waals surface area contributed by atoms with E-state index in [4.69, 9.17) is 9.47 Å². The molecule has 1 aromatic carbocycles. The number of ether oxygens (including phenoxy) is 2. The summed E-state index contributed by atoms with van der Waals surface area (Å²) in [5.74, 6) is 0.693. The van der Waals surface area contributed by atoms with Crippen LogP contribution in [0.3, 0.4) is 0 Å². The summed E-state index contributed by atoms with van der Waals surface area (Å²) in [4.78, 5) is 23.9. The molecule has 1 aromatic rings. The lowest BCUT2D eigenvalue weighted by atomic mass is 10.1. The van der Waals surface area contributed by atoms with Gasteiger partial charge in [-0.2, -0.15) is 0 Å². The zero-order valence-corrected chi connectivity index (χ0v) is 16.1. The zero-order valence-electron chi connectivity index (χ0n) is 16.1. The second-order valence-electron chi connectivity index (χ2n) is 8.03. The smallest absolute Gasteiger partial charge is 0.407 e. The minimum atomic E-state index is -0.607. The van der Waals surface area contributed by atoms with E-state index < -0.39 is 17.2 Å². The van der Waals surface area contributed by atoms with E-state index in [0.717, 1.165) is 23.3 Å². The first-order chi connectivity index (χ1) is 12.0. The number of benzene rings is 1. The monoisotopic (exact) mass is 360 g/mol. The van der Waals surface area contributed by atoms with Crippen molar-refractivity contribution >= 4 is 18.1 Å². The van der Waals surface area contributed by atoms with Crippen LogP contribution in [0.25, 0.3) is 6.08 Å². The van der Waals surface area contributed by atoms with Crippen LogP contribution >= 0.6 is 0 Å². The lowest BCUT2D eigenvalue weighted by molar-refractivity contribution is -0.117. The topological polar surface area (TPSA) is 76.7 Å². The SMILES string of the molecule is CC(C)(CNC(=O)OC(C)(C)C)NC(=O)/C=C/c1ccc2c(c1)CCO2. The average molecular weight is 360 g/mol. The van der Waals surface area contributed by atoms with Gasteiger partial charge in [-0.25, -0.2) is 4.79 Å². The second-order valence-corrected chi connectivity index (χ2v) is 8.03. The molecule has 0 spiro atoms. The lowest BCUT2D eigenvalue weighted by Gasteiger charge is -2.27. The fourth-order valence-electron chi connectivity index (χ4n) is 2.51. The van der Waals surface area contributed by atoms with Crippen molar-refractivity contribution in [3.63, 3.8) is 0 Å². The quantitative estimate of drug-likeness (QED) is 0.791. The van der Waals surface area contributed by atoms with Crippen LogP contribution in [0.4, 0.5) is 4.79 Å². The third-order valence-electron chi connectivity index (χ3n) is 3.68. The Bertz CT molecular complexity index is 702. The molecule has 0 fully saturated rings. The van der Waals surface area contributed by atoms with Crippen LogP contribution in [-0.2, 0) is 16.0 Å². The van der Waals surface area contributed by atoms with Gasteiger partial charge in [-0.15, -0.1) is 0 Å². The van der Waals surface area contributed by atoms with E-state index in [-0.39, 0.29) is 12.5 Å². The highest BCUT2D eigenvalue weighted by Crippen LogP contribution is 2.26. The minimum absolute atomic E-state index is 0.224. The average Bonchev–Trinajstić information content (AvgIpc) is 2.96. The van der Waals surface area contributed by atoms with Gasteiger partial charge in [0.25, 0.3) is 0 Å². The van der Waals surface area contributed by atoms with Gasteiger partial charge >= 0.3 is 6.09 Å². The standard InChI is InChI=1S/C20H28N2O4/c1-19(2,3)26-18(24)21-13-20(4,5)22-17(23)9-7-14-6-8-16-15(12-14)10-11-25-16/h6-9,12H,10-11,13H2,1-5H3,(H,21,24)(H,22,23)/b9-7+. The van der Waals surface area contributed by atoms with Crippen LogP contribution in [0.15, 0.2) is 24.3 Å². The molecule has 26 heavy (non-hydrogen) atoms. The van der Waals surface area contributed by atoms with Crippen molar-refractivity contribution in [2.24, 2.45) is 0 Å². The van der Waals surface area contributed by atoms with Crippen molar-refractivity contribution in [2.75, 3.05) is 13.2 Å². The van der Waals surface area contributed by atoms with Gasteiger partial charge in [0.15, 0.2) is 0 Å². The van der Waals surface area contributed by atoms with E-state index in [2.05, 4.69) is 10.6 Å². The number of nitrogens with one attached hydrogen (secondary N) is 2. The highest BCUT2D eigenvalue weighted by molar-refractivity contribution is 5.92. The zero-order chi connectivity index (χ0) is 19.4. The predicted octanol–water partition coefficient (Wildman–Crippen LogP) is 3.05. The summed E-state index contributed by atoms with van der Waals surface area (Å²) < 4.78 is 10.7. The number of carbonyl (C=O) groups excluding carboxylic acids is 2. The highest BCUT2D eigenvalue weighted by Gasteiger charge is 2.22. The Labute approximate surface area is 154 Å². The van der Waals surface area contributed by atoms with Gasteiger partial charge in [0.05, 0.1) is 12.1 Å². The van der Waals surface area contributed by atoms with Crippen LogP contribution in [0.1, 0.15) is 45.7 Å². The molecule has 2 N–H and O–H groups in total. The molecule has 0 bridgehead atoms. The predicted molar refractivity (Wildman–Crippen MR) is 101 cm³/mol. The molecule has 2 rings (SSSR count). The Morgan fingerprint density at radius 2 is 1.96 bits per heavy atom. The third kappa shape index (κ3) is 6.43. The number of hydrogen-bond donors (Lipinski definition) is 2. The van der Waals surface area contributed by atoms with Crippen molar-refractivity contribution in [1.82, 2.24) is 10.6 Å². The number of amides is 2. The van der Waals surface area contributed by atoms with Crippen molar-refractivity contribution in [1.29, 1.82) is 0 Å². The van der Waals surface area contributed by atoms with E-state index in [1.54, 1.807) is 26.8 Å². The minimum Gasteiger partial charge on any atom is -0.493 e. The molecule has 6 nitrogen and oxygen atoms in total. The first kappa shape index (κ1) is 19.8. The number of carbonyl (C=O) groups is 2. The van der Waals surface area contributed by atoms with Gasteiger partial charge in [-0.3, -0.25) is 4.79 Å². The molecule has 0 saturated heterocycles. The Hall–Kier alpha value is -2.50. The molecule has 0 unspecified atom stereocenters. The molecule has 0 atom stereocenters. The van der Waals surface area contributed by atoms with Crippen molar-refractivity contribution in [3.8, 4) is 5.75 Å². The number of fused-ring (bicyclic) bond motifs is 1. The Kier molecular flexibility index (Phi) is 5.95. The molecular weight excluding hydrogens is 332 g/mol. The van der Waals surface area contributed by atoms with Crippen LogP contribution in [0.5, 0.6) is 5.75 Å². The number of hydrogen-bond acceptors (Lipinski definition) is 4.